The van der Waals surface area contributed by atoms with Crippen LogP contribution in [0.3, 0.4) is 0 Å². The third-order valence-electron chi connectivity index (χ3n) is 4.53. The van der Waals surface area contributed by atoms with Crippen molar-refractivity contribution in [3.05, 3.63) is 60.2 Å². The van der Waals surface area contributed by atoms with E-state index in [-0.39, 0.29) is 30.3 Å². The summed E-state index contributed by atoms with van der Waals surface area (Å²) in [5.74, 6) is 0.0195. The van der Waals surface area contributed by atoms with Gasteiger partial charge in [0.2, 0.25) is 0 Å². The molecule has 27 heavy (non-hydrogen) atoms. The second-order valence-corrected chi connectivity index (χ2v) is 6.75. The molecule has 0 aliphatic heterocycles. The van der Waals surface area contributed by atoms with Crippen molar-refractivity contribution >= 4 is 35.7 Å². The van der Waals surface area contributed by atoms with Crippen LogP contribution in [-0.2, 0) is 0 Å². The van der Waals surface area contributed by atoms with E-state index in [1.54, 1.807) is 36.4 Å². The summed E-state index contributed by atoms with van der Waals surface area (Å²) in [5.41, 5.74) is 7.15. The summed E-state index contributed by atoms with van der Waals surface area (Å²) in [7, 11) is 0. The number of rotatable bonds is 6. The number of halogens is 1. The van der Waals surface area contributed by atoms with Gasteiger partial charge in [-0.3, -0.25) is 4.79 Å². The fourth-order valence-corrected chi connectivity index (χ4v) is 2.28. The van der Waals surface area contributed by atoms with Gasteiger partial charge in [-0.2, -0.15) is 0 Å². The Labute approximate surface area is 166 Å². The Morgan fingerprint density at radius 1 is 0.963 bits per heavy atom. The van der Waals surface area contributed by atoms with Crippen LogP contribution in [0.4, 0.5) is 16.2 Å². The van der Waals surface area contributed by atoms with E-state index in [0.717, 1.165) is 0 Å². The molecule has 1 unspecified atom stereocenters. The largest absolute Gasteiger partial charge is 0.345 e. The zero-order valence-corrected chi connectivity index (χ0v) is 16.6. The third-order valence-corrected chi connectivity index (χ3v) is 4.53. The van der Waals surface area contributed by atoms with Crippen LogP contribution < -0.4 is 21.7 Å². The normalized spacial score (nSPS) is 12.5. The van der Waals surface area contributed by atoms with E-state index < -0.39 is 5.54 Å². The zero-order chi connectivity index (χ0) is 19.2. The fourth-order valence-electron chi connectivity index (χ4n) is 2.28. The van der Waals surface area contributed by atoms with Crippen molar-refractivity contribution in [2.75, 3.05) is 17.2 Å². The van der Waals surface area contributed by atoms with Crippen LogP contribution >= 0.6 is 12.4 Å². The molecule has 0 spiro atoms. The van der Waals surface area contributed by atoms with Gasteiger partial charge in [0, 0.05) is 23.5 Å². The third kappa shape index (κ3) is 6.27. The van der Waals surface area contributed by atoms with Crippen molar-refractivity contribution in [1.29, 1.82) is 0 Å². The molecule has 5 N–H and O–H groups in total. The minimum atomic E-state index is -0.469. The van der Waals surface area contributed by atoms with Crippen molar-refractivity contribution in [3.8, 4) is 0 Å². The summed E-state index contributed by atoms with van der Waals surface area (Å²) in [4.78, 5) is 24.4. The molecule has 2 aromatic rings. The maximum Gasteiger partial charge on any atom is 0.323 e. The number of hydrogen-bond donors (Lipinski definition) is 4. The Kier molecular flexibility index (Phi) is 8.28. The summed E-state index contributed by atoms with van der Waals surface area (Å²) in [6, 6.07) is 15.5. The average Bonchev–Trinajstić information content (AvgIpc) is 2.62. The molecule has 0 bridgehead atoms. The van der Waals surface area contributed by atoms with E-state index in [1.807, 2.05) is 39.0 Å². The second kappa shape index (κ2) is 9.94. The summed E-state index contributed by atoms with van der Waals surface area (Å²) in [5, 5.41) is 8.46. The number of urea groups is 1. The van der Waals surface area contributed by atoms with Gasteiger partial charge in [-0.05, 0) is 49.2 Å². The van der Waals surface area contributed by atoms with Crippen LogP contribution in [0.1, 0.15) is 31.1 Å². The average molecular weight is 391 g/mol. The van der Waals surface area contributed by atoms with Crippen LogP contribution in [0.5, 0.6) is 0 Å². The molecule has 0 fully saturated rings. The van der Waals surface area contributed by atoms with Gasteiger partial charge >= 0.3 is 6.03 Å². The number of nitrogens with one attached hydrogen (secondary N) is 3. The van der Waals surface area contributed by atoms with Crippen LogP contribution in [0.25, 0.3) is 0 Å². The van der Waals surface area contributed by atoms with E-state index in [1.165, 1.54) is 0 Å². The van der Waals surface area contributed by atoms with Crippen molar-refractivity contribution in [3.63, 3.8) is 0 Å². The van der Waals surface area contributed by atoms with Crippen molar-refractivity contribution in [1.82, 2.24) is 5.32 Å². The van der Waals surface area contributed by atoms with Gasteiger partial charge in [-0.15, -0.1) is 12.4 Å². The molecule has 3 amide bonds. The zero-order valence-electron chi connectivity index (χ0n) is 15.8. The summed E-state index contributed by atoms with van der Waals surface area (Å²) < 4.78 is 0. The van der Waals surface area contributed by atoms with Gasteiger partial charge in [0.1, 0.15) is 0 Å². The topological polar surface area (TPSA) is 96.2 Å². The Hall–Kier alpha value is -2.57. The van der Waals surface area contributed by atoms with Crippen LogP contribution in [0.15, 0.2) is 54.6 Å². The van der Waals surface area contributed by atoms with Gasteiger partial charge < -0.3 is 21.7 Å². The quantitative estimate of drug-likeness (QED) is 0.603. The molecule has 2 aromatic carbocycles. The molecule has 6 nitrogen and oxygen atoms in total. The van der Waals surface area contributed by atoms with E-state index in [2.05, 4.69) is 16.0 Å². The maximum atomic E-state index is 12.4. The smallest absolute Gasteiger partial charge is 0.323 e. The lowest BCUT2D eigenvalue weighted by Crippen LogP contribution is -2.55. The van der Waals surface area contributed by atoms with Crippen LogP contribution in [-0.4, -0.2) is 24.0 Å². The predicted molar refractivity (Wildman–Crippen MR) is 113 cm³/mol. The van der Waals surface area contributed by atoms with Gasteiger partial charge in [-0.25, -0.2) is 4.79 Å². The maximum absolute atomic E-state index is 12.4. The minimum Gasteiger partial charge on any atom is -0.345 e. The highest BCUT2D eigenvalue weighted by atomic mass is 35.5. The molecule has 0 aliphatic rings. The number of carbonyl (C=O) groups is 2. The van der Waals surface area contributed by atoms with Crippen molar-refractivity contribution in [2.24, 2.45) is 11.7 Å². The van der Waals surface area contributed by atoms with Gasteiger partial charge in [0.05, 0.1) is 5.54 Å². The highest BCUT2D eigenvalue weighted by molar-refractivity contribution is 6.00. The summed E-state index contributed by atoms with van der Waals surface area (Å²) in [6.45, 7) is 6.33. The molecule has 0 radical (unpaired) electrons. The van der Waals surface area contributed by atoms with E-state index in [0.29, 0.717) is 23.5 Å². The Balaban J connectivity index is 0.00000364. The van der Waals surface area contributed by atoms with Crippen molar-refractivity contribution in [2.45, 2.75) is 26.3 Å². The summed E-state index contributed by atoms with van der Waals surface area (Å²) >= 11 is 0. The molecule has 7 heteroatoms. The lowest BCUT2D eigenvalue weighted by Gasteiger charge is -2.33. The Morgan fingerprint density at radius 3 is 1.96 bits per heavy atom. The molecule has 0 heterocycles. The Bertz CT molecular complexity index is 750. The molecule has 0 saturated carbocycles. The first-order valence-corrected chi connectivity index (χ1v) is 8.60. The van der Waals surface area contributed by atoms with E-state index in [4.69, 9.17) is 5.73 Å². The number of nitrogens with two attached hydrogens (primary N) is 1. The minimum absolute atomic E-state index is 0. The first kappa shape index (κ1) is 22.5. The van der Waals surface area contributed by atoms with E-state index >= 15 is 0 Å². The van der Waals surface area contributed by atoms with E-state index in [9.17, 15) is 9.59 Å². The molecule has 0 saturated heterocycles. The van der Waals surface area contributed by atoms with Gasteiger partial charge in [-0.1, -0.05) is 32.0 Å². The number of anilines is 2. The highest BCUT2D eigenvalue weighted by Gasteiger charge is 2.28. The van der Waals surface area contributed by atoms with Crippen LogP contribution in [0, 0.1) is 5.92 Å². The lowest BCUT2D eigenvalue weighted by atomic mass is 9.88. The SMILES string of the molecule is CC(C)C(C)(CN)NC(=O)c1ccc(NC(=O)Nc2ccccc2)cc1.Cl. The highest BCUT2D eigenvalue weighted by Crippen LogP contribution is 2.17. The molecule has 0 aliphatic carbocycles. The van der Waals surface area contributed by atoms with Gasteiger partial charge in [0.15, 0.2) is 0 Å². The molecule has 146 valence electrons. The number of carbonyl (C=O) groups excluding carboxylic acids is 2. The molecule has 2 rings (SSSR count). The number of hydrogen-bond acceptors (Lipinski definition) is 3. The number of benzene rings is 2. The first-order valence-electron chi connectivity index (χ1n) is 8.60. The molecule has 1 atom stereocenters. The standard InChI is InChI=1S/C20H26N4O2.ClH/c1-14(2)20(3,13-21)24-18(25)15-9-11-17(12-10-15)23-19(26)22-16-7-5-4-6-8-16;/h4-12,14H,13,21H2,1-3H3,(H,24,25)(H2,22,23,26);1H. The fraction of sp³-hybridized carbons (Fsp3) is 0.300. The van der Waals surface area contributed by atoms with Crippen molar-refractivity contribution < 1.29 is 9.59 Å². The second-order valence-electron chi connectivity index (χ2n) is 6.75. The predicted octanol–water partition coefficient (Wildman–Crippen LogP) is 3.86. The first-order chi connectivity index (χ1) is 12.3. The number of para-hydroxylation sites is 1. The molecule has 0 aromatic heterocycles. The monoisotopic (exact) mass is 390 g/mol. The number of amides is 3. The lowest BCUT2D eigenvalue weighted by molar-refractivity contribution is 0.0883. The Morgan fingerprint density at radius 2 is 1.48 bits per heavy atom. The molecular weight excluding hydrogens is 364 g/mol. The molecular formula is C20H27ClN4O2. The summed E-state index contributed by atoms with van der Waals surface area (Å²) in [6.07, 6.45) is 0. The van der Waals surface area contributed by atoms with Crippen LogP contribution in [0.2, 0.25) is 0 Å². The van der Waals surface area contributed by atoms with Gasteiger partial charge in [0.25, 0.3) is 5.91 Å².